The Bertz CT molecular complexity index is 262. The topological polar surface area (TPSA) is 52.6 Å². The molecule has 2 fully saturated rings. The summed E-state index contributed by atoms with van der Waals surface area (Å²) in [4.78, 5) is 13.3. The van der Waals surface area contributed by atoms with Crippen LogP contribution < -0.4 is 5.32 Å². The molecule has 0 spiro atoms. The summed E-state index contributed by atoms with van der Waals surface area (Å²) >= 11 is 0. The molecule has 1 aliphatic carbocycles. The van der Waals surface area contributed by atoms with Crippen molar-refractivity contribution in [2.75, 3.05) is 26.2 Å². The van der Waals surface area contributed by atoms with Crippen molar-refractivity contribution in [3.63, 3.8) is 0 Å². The van der Waals surface area contributed by atoms with Gasteiger partial charge in [-0.05, 0) is 32.2 Å². The summed E-state index contributed by atoms with van der Waals surface area (Å²) in [7, 11) is 0. The van der Waals surface area contributed by atoms with Crippen molar-refractivity contribution in [1.29, 1.82) is 0 Å². The van der Waals surface area contributed by atoms with Crippen molar-refractivity contribution in [3.8, 4) is 0 Å². The Morgan fingerprint density at radius 1 is 1.29 bits per heavy atom. The minimum Gasteiger partial charge on any atom is -0.389 e. The van der Waals surface area contributed by atoms with Gasteiger partial charge in [0, 0.05) is 26.1 Å². The molecule has 0 unspecified atom stereocenters. The van der Waals surface area contributed by atoms with Crippen molar-refractivity contribution < 1.29 is 9.90 Å². The Morgan fingerprint density at radius 2 is 2.06 bits per heavy atom. The highest BCUT2D eigenvalue weighted by Crippen LogP contribution is 2.28. The first-order valence-corrected chi connectivity index (χ1v) is 6.91. The zero-order chi connectivity index (χ0) is 12.1. The zero-order valence-electron chi connectivity index (χ0n) is 10.6. The van der Waals surface area contributed by atoms with Crippen LogP contribution in [-0.4, -0.2) is 47.7 Å². The fourth-order valence-electron chi connectivity index (χ4n) is 2.87. The first kappa shape index (κ1) is 12.8. The number of rotatable bonds is 6. The summed E-state index contributed by atoms with van der Waals surface area (Å²) in [6.07, 6.45) is 6.91. The summed E-state index contributed by atoms with van der Waals surface area (Å²) in [5.74, 6) is 0.305. The average molecular weight is 240 g/mol. The quantitative estimate of drug-likeness (QED) is 0.678. The van der Waals surface area contributed by atoms with Crippen LogP contribution in [0.3, 0.4) is 0 Å². The summed E-state index contributed by atoms with van der Waals surface area (Å²) < 4.78 is 0. The molecule has 0 aromatic carbocycles. The molecule has 2 N–H and O–H groups in total. The van der Waals surface area contributed by atoms with Gasteiger partial charge in [-0.1, -0.05) is 12.8 Å². The van der Waals surface area contributed by atoms with Gasteiger partial charge in [-0.2, -0.15) is 0 Å². The summed E-state index contributed by atoms with van der Waals surface area (Å²) in [6.45, 7) is 3.40. The number of carbonyl (C=O) groups is 1. The molecule has 1 amide bonds. The number of hydrogen-bond acceptors (Lipinski definition) is 3. The van der Waals surface area contributed by atoms with Gasteiger partial charge in [0.15, 0.2) is 0 Å². The molecule has 1 heterocycles. The number of amides is 1. The minimum absolute atomic E-state index is 0.305. The monoisotopic (exact) mass is 240 g/mol. The zero-order valence-corrected chi connectivity index (χ0v) is 10.6. The van der Waals surface area contributed by atoms with Gasteiger partial charge in [-0.3, -0.25) is 4.79 Å². The molecule has 98 valence electrons. The van der Waals surface area contributed by atoms with Crippen LogP contribution in [-0.2, 0) is 4.79 Å². The molecule has 0 aromatic rings. The molecule has 0 bridgehead atoms. The number of likely N-dealkylation sites (tertiary alicyclic amines) is 1. The maximum absolute atomic E-state index is 11.4. The van der Waals surface area contributed by atoms with E-state index >= 15 is 0 Å². The molecular weight excluding hydrogens is 216 g/mol. The van der Waals surface area contributed by atoms with E-state index in [0.29, 0.717) is 12.5 Å². The van der Waals surface area contributed by atoms with Crippen LogP contribution in [0.25, 0.3) is 0 Å². The van der Waals surface area contributed by atoms with Crippen molar-refractivity contribution in [2.24, 2.45) is 0 Å². The standard InChI is InChI=1S/C13H24N2O2/c16-12-5-3-9-15(12)10-4-8-14-11-13(17)6-1-2-7-13/h14,17H,1-11H2. The highest BCUT2D eigenvalue weighted by molar-refractivity contribution is 5.77. The number of nitrogens with one attached hydrogen (secondary N) is 1. The first-order chi connectivity index (χ1) is 8.20. The SMILES string of the molecule is O=C1CCCN1CCCNCC1(O)CCCC1. The van der Waals surface area contributed by atoms with Gasteiger partial charge in [-0.15, -0.1) is 0 Å². The van der Waals surface area contributed by atoms with E-state index in [2.05, 4.69) is 5.32 Å². The van der Waals surface area contributed by atoms with Crippen LogP contribution in [0.4, 0.5) is 0 Å². The van der Waals surface area contributed by atoms with E-state index in [4.69, 9.17) is 0 Å². The third-order valence-electron chi connectivity index (χ3n) is 3.94. The van der Waals surface area contributed by atoms with Gasteiger partial charge in [0.1, 0.15) is 0 Å². The van der Waals surface area contributed by atoms with Crippen molar-refractivity contribution in [1.82, 2.24) is 10.2 Å². The highest BCUT2D eigenvalue weighted by Gasteiger charge is 2.30. The predicted molar refractivity (Wildman–Crippen MR) is 66.7 cm³/mol. The van der Waals surface area contributed by atoms with Crippen molar-refractivity contribution in [2.45, 2.75) is 50.5 Å². The fraction of sp³-hybridized carbons (Fsp3) is 0.923. The van der Waals surface area contributed by atoms with Crippen LogP contribution in [0.5, 0.6) is 0 Å². The second-order valence-corrected chi connectivity index (χ2v) is 5.45. The lowest BCUT2D eigenvalue weighted by molar-refractivity contribution is -0.127. The molecule has 2 aliphatic rings. The van der Waals surface area contributed by atoms with Gasteiger partial charge in [-0.25, -0.2) is 0 Å². The third kappa shape index (κ3) is 3.68. The van der Waals surface area contributed by atoms with Crippen LogP contribution in [0.15, 0.2) is 0 Å². The van der Waals surface area contributed by atoms with Gasteiger partial charge >= 0.3 is 0 Å². The van der Waals surface area contributed by atoms with Gasteiger partial charge in [0.25, 0.3) is 0 Å². The highest BCUT2D eigenvalue weighted by atomic mass is 16.3. The predicted octanol–water partition coefficient (Wildman–Crippen LogP) is 0.894. The number of carbonyl (C=O) groups excluding carboxylic acids is 1. The lowest BCUT2D eigenvalue weighted by Gasteiger charge is -2.23. The maximum Gasteiger partial charge on any atom is 0.222 e. The molecule has 1 saturated carbocycles. The Kier molecular flexibility index (Phi) is 4.40. The number of nitrogens with zero attached hydrogens (tertiary/aromatic N) is 1. The minimum atomic E-state index is -0.455. The second-order valence-electron chi connectivity index (χ2n) is 5.45. The van der Waals surface area contributed by atoms with Crippen molar-refractivity contribution in [3.05, 3.63) is 0 Å². The van der Waals surface area contributed by atoms with E-state index in [1.807, 2.05) is 4.90 Å². The van der Waals surface area contributed by atoms with Crippen LogP contribution in [0.2, 0.25) is 0 Å². The third-order valence-corrected chi connectivity index (χ3v) is 3.94. The number of hydrogen-bond donors (Lipinski definition) is 2. The lowest BCUT2D eigenvalue weighted by Crippen LogP contribution is -2.39. The summed E-state index contributed by atoms with van der Waals surface area (Å²) in [5, 5.41) is 13.4. The van der Waals surface area contributed by atoms with Crippen LogP contribution in [0.1, 0.15) is 44.9 Å². The Balaban J connectivity index is 1.53. The molecule has 4 heteroatoms. The van der Waals surface area contributed by atoms with E-state index in [1.54, 1.807) is 0 Å². The average Bonchev–Trinajstić information content (AvgIpc) is 2.89. The summed E-state index contributed by atoms with van der Waals surface area (Å²) in [6, 6.07) is 0. The fourth-order valence-corrected chi connectivity index (χ4v) is 2.87. The Hall–Kier alpha value is -0.610. The molecule has 0 atom stereocenters. The molecule has 17 heavy (non-hydrogen) atoms. The van der Waals surface area contributed by atoms with E-state index in [1.165, 1.54) is 0 Å². The Labute approximate surface area is 103 Å². The van der Waals surface area contributed by atoms with E-state index < -0.39 is 5.60 Å². The molecule has 0 radical (unpaired) electrons. The summed E-state index contributed by atoms with van der Waals surface area (Å²) in [5.41, 5.74) is -0.455. The molecule has 4 nitrogen and oxygen atoms in total. The molecular formula is C13H24N2O2. The van der Waals surface area contributed by atoms with E-state index in [-0.39, 0.29) is 0 Å². The molecule has 2 rings (SSSR count). The lowest BCUT2D eigenvalue weighted by atomic mass is 10.0. The molecule has 0 aromatic heterocycles. The van der Waals surface area contributed by atoms with Crippen LogP contribution >= 0.6 is 0 Å². The van der Waals surface area contributed by atoms with Crippen molar-refractivity contribution >= 4 is 5.91 Å². The maximum atomic E-state index is 11.4. The second kappa shape index (κ2) is 5.83. The molecule has 1 saturated heterocycles. The van der Waals surface area contributed by atoms with E-state index in [9.17, 15) is 9.90 Å². The number of aliphatic hydroxyl groups is 1. The van der Waals surface area contributed by atoms with Gasteiger partial charge in [0.2, 0.25) is 5.91 Å². The van der Waals surface area contributed by atoms with Crippen LogP contribution in [0, 0.1) is 0 Å². The Morgan fingerprint density at radius 3 is 2.71 bits per heavy atom. The van der Waals surface area contributed by atoms with Gasteiger partial charge < -0.3 is 15.3 Å². The van der Waals surface area contributed by atoms with Gasteiger partial charge in [0.05, 0.1) is 5.60 Å². The largest absolute Gasteiger partial charge is 0.389 e. The van der Waals surface area contributed by atoms with E-state index in [0.717, 1.165) is 64.6 Å². The normalized spacial score (nSPS) is 23.6. The smallest absolute Gasteiger partial charge is 0.222 e. The first-order valence-electron chi connectivity index (χ1n) is 6.91. The molecule has 1 aliphatic heterocycles.